The van der Waals surface area contributed by atoms with Gasteiger partial charge in [-0.15, -0.1) is 0 Å². The van der Waals surface area contributed by atoms with Gasteiger partial charge in [0.05, 0.1) is 23.0 Å². The third-order valence-electron chi connectivity index (χ3n) is 9.11. The second-order valence-electron chi connectivity index (χ2n) is 12.1. The number of nitrogens with zero attached hydrogens (tertiary/aromatic N) is 3. The summed E-state index contributed by atoms with van der Waals surface area (Å²) in [6, 6.07) is 58.0. The van der Waals surface area contributed by atoms with Crippen molar-refractivity contribution in [1.29, 1.82) is 5.26 Å². The van der Waals surface area contributed by atoms with Crippen molar-refractivity contribution in [2.24, 2.45) is 0 Å². The Kier molecular flexibility index (Phi) is 6.81. The van der Waals surface area contributed by atoms with Crippen molar-refractivity contribution in [2.45, 2.75) is 0 Å². The summed E-state index contributed by atoms with van der Waals surface area (Å²) in [5.41, 5.74) is 11.0. The lowest BCUT2D eigenvalue weighted by atomic mass is 9.91. The Morgan fingerprint density at radius 2 is 1.06 bits per heavy atom. The molecule has 7 aromatic carbocycles. The lowest BCUT2D eigenvalue weighted by molar-refractivity contribution is 0.670. The van der Waals surface area contributed by atoms with E-state index in [1.165, 1.54) is 10.8 Å². The number of aromatic nitrogens is 2. The minimum atomic E-state index is 0.605. The fourth-order valence-electron chi connectivity index (χ4n) is 6.71. The monoisotopic (exact) mass is 625 g/mol. The van der Waals surface area contributed by atoms with E-state index < -0.39 is 0 Å². The van der Waals surface area contributed by atoms with Gasteiger partial charge in [-0.3, -0.25) is 0 Å². The summed E-state index contributed by atoms with van der Waals surface area (Å²) in [4.78, 5) is 10.2. The van der Waals surface area contributed by atoms with Crippen LogP contribution in [0.3, 0.4) is 0 Å². The first-order valence-corrected chi connectivity index (χ1v) is 16.2. The second kappa shape index (κ2) is 11.8. The number of nitriles is 1. The first kappa shape index (κ1) is 28.4. The van der Waals surface area contributed by atoms with E-state index in [0.717, 1.165) is 72.3 Å². The van der Waals surface area contributed by atoms with E-state index in [4.69, 9.17) is 14.4 Å². The Morgan fingerprint density at radius 1 is 0.449 bits per heavy atom. The lowest BCUT2D eigenvalue weighted by Crippen LogP contribution is -1.97. The van der Waals surface area contributed by atoms with E-state index in [1.54, 1.807) is 0 Å². The quantitative estimate of drug-likeness (QED) is 0.191. The Hall–Kier alpha value is -6.83. The Bertz CT molecular complexity index is 2710. The van der Waals surface area contributed by atoms with Crippen molar-refractivity contribution in [3.63, 3.8) is 0 Å². The lowest BCUT2D eigenvalue weighted by Gasteiger charge is -2.14. The van der Waals surface area contributed by atoms with Crippen molar-refractivity contribution in [2.75, 3.05) is 0 Å². The van der Waals surface area contributed by atoms with Gasteiger partial charge in [-0.25, -0.2) is 9.97 Å². The SMILES string of the molecule is N#Cc1ccc(-c2cc(-c3cc(-c4cccc5ccccc45)cc(-c4cccc5c4oc4ccccc45)c3)nc(-c3ccccc3)n2)cc1. The maximum absolute atomic E-state index is 9.42. The first-order chi connectivity index (χ1) is 24.2. The van der Waals surface area contributed by atoms with Crippen molar-refractivity contribution < 1.29 is 4.42 Å². The molecule has 4 heteroatoms. The largest absolute Gasteiger partial charge is 0.455 e. The third kappa shape index (κ3) is 5.11. The minimum Gasteiger partial charge on any atom is -0.455 e. The smallest absolute Gasteiger partial charge is 0.160 e. The molecule has 0 atom stereocenters. The molecule has 0 N–H and O–H groups in total. The van der Waals surface area contributed by atoms with Crippen LogP contribution in [0, 0.1) is 11.3 Å². The maximum Gasteiger partial charge on any atom is 0.160 e. The van der Waals surface area contributed by atoms with Crippen molar-refractivity contribution >= 4 is 32.7 Å². The molecule has 2 aromatic heterocycles. The highest BCUT2D eigenvalue weighted by Crippen LogP contribution is 2.40. The van der Waals surface area contributed by atoms with Crippen molar-refractivity contribution in [1.82, 2.24) is 9.97 Å². The van der Waals surface area contributed by atoms with Gasteiger partial charge in [0.2, 0.25) is 0 Å². The van der Waals surface area contributed by atoms with Crippen LogP contribution >= 0.6 is 0 Å². The summed E-state index contributed by atoms with van der Waals surface area (Å²) in [5, 5.41) is 14.0. The van der Waals surface area contributed by atoms with Crippen LogP contribution in [0.25, 0.3) is 88.9 Å². The molecule has 0 bridgehead atoms. The summed E-state index contributed by atoms with van der Waals surface area (Å²) < 4.78 is 6.52. The van der Waals surface area contributed by atoms with Crippen LogP contribution in [0.1, 0.15) is 5.56 Å². The minimum absolute atomic E-state index is 0.605. The number of furan rings is 1. The zero-order chi connectivity index (χ0) is 32.7. The highest BCUT2D eigenvalue weighted by atomic mass is 16.3. The third-order valence-corrected chi connectivity index (χ3v) is 9.11. The zero-order valence-electron chi connectivity index (χ0n) is 26.3. The summed E-state index contributed by atoms with van der Waals surface area (Å²) in [5.74, 6) is 0.633. The van der Waals surface area contributed by atoms with Crippen LogP contribution in [0.2, 0.25) is 0 Å². The van der Waals surface area contributed by atoms with E-state index in [-0.39, 0.29) is 0 Å². The summed E-state index contributed by atoms with van der Waals surface area (Å²) >= 11 is 0. The second-order valence-corrected chi connectivity index (χ2v) is 12.1. The molecule has 4 nitrogen and oxygen atoms in total. The topological polar surface area (TPSA) is 62.7 Å². The molecule has 0 fully saturated rings. The molecule has 0 aliphatic rings. The van der Waals surface area contributed by atoms with Gasteiger partial charge >= 0.3 is 0 Å². The summed E-state index contributed by atoms with van der Waals surface area (Å²) in [6.07, 6.45) is 0. The molecule has 0 saturated carbocycles. The van der Waals surface area contributed by atoms with E-state index >= 15 is 0 Å². The molecule has 228 valence electrons. The van der Waals surface area contributed by atoms with Crippen LogP contribution in [0.15, 0.2) is 168 Å². The normalized spacial score (nSPS) is 11.2. The fourth-order valence-corrected chi connectivity index (χ4v) is 6.71. The van der Waals surface area contributed by atoms with Crippen LogP contribution in [-0.2, 0) is 0 Å². The van der Waals surface area contributed by atoms with E-state index in [2.05, 4.69) is 91.0 Å². The van der Waals surface area contributed by atoms with Crippen LogP contribution in [-0.4, -0.2) is 9.97 Å². The standard InChI is InChI=1S/C45H27N3O/c46-28-29-20-22-31(23-21-29)41-27-42(48-45(47-41)32-11-2-1-3-12-32)35-25-33(37-16-8-13-30-10-4-5-14-36(30)37)24-34(26-35)38-17-9-18-40-39-15-6-7-19-43(39)49-44(38)40/h1-27H. The fraction of sp³-hybridized carbons (Fsp3) is 0. The van der Waals surface area contributed by atoms with Gasteiger partial charge in [0, 0.05) is 33.0 Å². The highest BCUT2D eigenvalue weighted by Gasteiger charge is 2.17. The van der Waals surface area contributed by atoms with Crippen LogP contribution in [0.5, 0.6) is 0 Å². The van der Waals surface area contributed by atoms with Gasteiger partial charge in [-0.05, 0) is 69.9 Å². The average molecular weight is 626 g/mol. The van der Waals surface area contributed by atoms with Gasteiger partial charge in [-0.2, -0.15) is 5.26 Å². The molecule has 0 unspecified atom stereocenters. The van der Waals surface area contributed by atoms with Gasteiger partial charge in [0.25, 0.3) is 0 Å². The molecule has 0 amide bonds. The molecule has 0 aliphatic heterocycles. The molecule has 9 rings (SSSR count). The van der Waals surface area contributed by atoms with Gasteiger partial charge in [0.1, 0.15) is 11.2 Å². The molecule has 2 heterocycles. The molecular formula is C45H27N3O. The highest BCUT2D eigenvalue weighted by molar-refractivity contribution is 6.10. The number of rotatable bonds is 5. The Morgan fingerprint density at radius 3 is 1.88 bits per heavy atom. The molecule has 49 heavy (non-hydrogen) atoms. The molecule has 9 aromatic rings. The van der Waals surface area contributed by atoms with Crippen LogP contribution in [0.4, 0.5) is 0 Å². The molecule has 0 spiro atoms. The number of fused-ring (bicyclic) bond motifs is 4. The van der Waals surface area contributed by atoms with Gasteiger partial charge in [0.15, 0.2) is 5.82 Å². The average Bonchev–Trinajstić information content (AvgIpc) is 3.57. The van der Waals surface area contributed by atoms with Crippen molar-refractivity contribution in [3.8, 4) is 62.2 Å². The Labute approximate surface area is 283 Å². The van der Waals surface area contributed by atoms with Crippen molar-refractivity contribution in [3.05, 3.63) is 169 Å². The van der Waals surface area contributed by atoms with Gasteiger partial charge in [-0.1, -0.05) is 121 Å². The van der Waals surface area contributed by atoms with E-state index in [0.29, 0.717) is 11.4 Å². The van der Waals surface area contributed by atoms with Crippen LogP contribution < -0.4 is 0 Å². The predicted molar refractivity (Wildman–Crippen MR) is 199 cm³/mol. The first-order valence-electron chi connectivity index (χ1n) is 16.2. The molecule has 0 radical (unpaired) electrons. The number of hydrogen-bond acceptors (Lipinski definition) is 4. The Balaban J connectivity index is 1.32. The molecule has 0 aliphatic carbocycles. The predicted octanol–water partition coefficient (Wildman–Crippen LogP) is 11.7. The molecule has 0 saturated heterocycles. The molecular weight excluding hydrogens is 599 g/mol. The number of benzene rings is 7. The summed E-state index contributed by atoms with van der Waals surface area (Å²) in [7, 11) is 0. The summed E-state index contributed by atoms with van der Waals surface area (Å²) in [6.45, 7) is 0. The van der Waals surface area contributed by atoms with E-state index in [1.807, 2.05) is 78.9 Å². The van der Waals surface area contributed by atoms with E-state index in [9.17, 15) is 5.26 Å². The number of para-hydroxylation sites is 2. The maximum atomic E-state index is 9.42. The number of hydrogen-bond donors (Lipinski definition) is 0. The zero-order valence-corrected chi connectivity index (χ0v) is 26.3. The van der Waals surface area contributed by atoms with Gasteiger partial charge < -0.3 is 4.42 Å².